The van der Waals surface area contributed by atoms with E-state index in [0.717, 1.165) is 11.3 Å². The van der Waals surface area contributed by atoms with Crippen molar-refractivity contribution in [3.63, 3.8) is 0 Å². The molecule has 0 saturated carbocycles. The molecular formula is C10H15NO2. The van der Waals surface area contributed by atoms with Gasteiger partial charge in [-0.25, -0.2) is 0 Å². The first-order valence-corrected chi connectivity index (χ1v) is 4.18. The molecule has 0 fully saturated rings. The maximum Gasteiger partial charge on any atom is 0.119 e. The third-order valence-electron chi connectivity index (χ3n) is 1.96. The molecule has 13 heavy (non-hydrogen) atoms. The second-order valence-corrected chi connectivity index (χ2v) is 2.74. The van der Waals surface area contributed by atoms with Gasteiger partial charge >= 0.3 is 0 Å². The lowest BCUT2D eigenvalue weighted by molar-refractivity contribution is 0.110. The smallest absolute Gasteiger partial charge is 0.119 e. The number of nitrogens with two attached hydrogens (primary N) is 1. The summed E-state index contributed by atoms with van der Waals surface area (Å²) in [6.45, 7) is 0.476. The molecule has 0 heterocycles. The van der Waals surface area contributed by atoms with Crippen LogP contribution >= 0.6 is 0 Å². The minimum Gasteiger partial charge on any atom is -0.497 e. The summed E-state index contributed by atoms with van der Waals surface area (Å²) >= 11 is 0. The van der Waals surface area contributed by atoms with Crippen molar-refractivity contribution in [2.75, 3.05) is 20.8 Å². The average Bonchev–Trinajstić information content (AvgIpc) is 2.20. The Bertz CT molecular complexity index is 259. The standard InChI is InChI=1S/C10H15NO2/c1-12-9-5-3-4-8(6-9)10(7-11)13-2/h3-6,10H,7,11H2,1-2H3. The highest BCUT2D eigenvalue weighted by Crippen LogP contribution is 2.20. The number of hydrogen-bond donors (Lipinski definition) is 1. The van der Waals surface area contributed by atoms with Gasteiger partial charge in [-0.1, -0.05) is 12.1 Å². The summed E-state index contributed by atoms with van der Waals surface area (Å²) in [7, 11) is 3.29. The second-order valence-electron chi connectivity index (χ2n) is 2.74. The Labute approximate surface area is 78.5 Å². The first-order chi connectivity index (χ1) is 6.31. The van der Waals surface area contributed by atoms with Crippen LogP contribution in [0.1, 0.15) is 11.7 Å². The summed E-state index contributed by atoms with van der Waals surface area (Å²) < 4.78 is 10.3. The summed E-state index contributed by atoms with van der Waals surface area (Å²) in [6.07, 6.45) is -0.0462. The fourth-order valence-electron chi connectivity index (χ4n) is 1.21. The first-order valence-electron chi connectivity index (χ1n) is 4.18. The number of ether oxygens (including phenoxy) is 2. The highest BCUT2D eigenvalue weighted by Gasteiger charge is 2.07. The van der Waals surface area contributed by atoms with Gasteiger partial charge in [0.25, 0.3) is 0 Å². The molecule has 0 aliphatic carbocycles. The molecule has 2 N–H and O–H groups in total. The van der Waals surface area contributed by atoms with Gasteiger partial charge in [-0.15, -0.1) is 0 Å². The molecule has 1 aromatic carbocycles. The van der Waals surface area contributed by atoms with Crippen LogP contribution in [-0.2, 0) is 4.74 Å². The Morgan fingerprint density at radius 3 is 2.69 bits per heavy atom. The predicted octanol–water partition coefficient (Wildman–Crippen LogP) is 1.34. The Kier molecular flexibility index (Phi) is 3.73. The minimum absolute atomic E-state index is 0.0462. The molecule has 3 nitrogen and oxygen atoms in total. The van der Waals surface area contributed by atoms with Crippen molar-refractivity contribution in [1.82, 2.24) is 0 Å². The molecule has 0 bridgehead atoms. The van der Waals surface area contributed by atoms with Gasteiger partial charge in [-0.05, 0) is 17.7 Å². The van der Waals surface area contributed by atoms with Gasteiger partial charge in [-0.2, -0.15) is 0 Å². The molecule has 1 atom stereocenters. The monoisotopic (exact) mass is 181 g/mol. The van der Waals surface area contributed by atoms with Gasteiger partial charge < -0.3 is 15.2 Å². The molecule has 0 amide bonds. The molecule has 1 aromatic rings. The van der Waals surface area contributed by atoms with Crippen LogP contribution in [0.25, 0.3) is 0 Å². The lowest BCUT2D eigenvalue weighted by atomic mass is 10.1. The highest BCUT2D eigenvalue weighted by molar-refractivity contribution is 5.30. The quantitative estimate of drug-likeness (QED) is 0.762. The van der Waals surface area contributed by atoms with Gasteiger partial charge in [0, 0.05) is 13.7 Å². The Morgan fingerprint density at radius 1 is 1.38 bits per heavy atom. The Balaban J connectivity index is 2.86. The van der Waals surface area contributed by atoms with Crippen LogP contribution in [0.4, 0.5) is 0 Å². The van der Waals surface area contributed by atoms with Crippen LogP contribution in [0, 0.1) is 0 Å². The van der Waals surface area contributed by atoms with E-state index in [4.69, 9.17) is 15.2 Å². The highest BCUT2D eigenvalue weighted by atomic mass is 16.5. The van der Waals surface area contributed by atoms with Crippen molar-refractivity contribution in [3.05, 3.63) is 29.8 Å². The van der Waals surface area contributed by atoms with Crippen molar-refractivity contribution in [3.8, 4) is 5.75 Å². The molecular weight excluding hydrogens is 166 g/mol. The number of methoxy groups -OCH3 is 2. The normalized spacial score (nSPS) is 12.5. The van der Waals surface area contributed by atoms with Gasteiger partial charge in [-0.3, -0.25) is 0 Å². The topological polar surface area (TPSA) is 44.5 Å². The van der Waals surface area contributed by atoms with E-state index in [1.807, 2.05) is 24.3 Å². The molecule has 0 spiro atoms. The fourth-order valence-corrected chi connectivity index (χ4v) is 1.21. The maximum absolute atomic E-state index is 5.54. The number of hydrogen-bond acceptors (Lipinski definition) is 3. The van der Waals surface area contributed by atoms with Crippen molar-refractivity contribution in [2.45, 2.75) is 6.10 Å². The molecule has 0 aliphatic rings. The SMILES string of the molecule is COc1cccc(C(CN)OC)c1. The summed E-state index contributed by atoms with van der Waals surface area (Å²) in [5.74, 6) is 0.827. The first kappa shape index (κ1) is 10.0. The third-order valence-corrected chi connectivity index (χ3v) is 1.96. The van der Waals surface area contributed by atoms with E-state index >= 15 is 0 Å². The molecule has 72 valence electrons. The van der Waals surface area contributed by atoms with Crippen molar-refractivity contribution >= 4 is 0 Å². The molecule has 0 radical (unpaired) electrons. The van der Waals surface area contributed by atoms with Crippen LogP contribution in [0.3, 0.4) is 0 Å². The van der Waals surface area contributed by atoms with E-state index in [2.05, 4.69) is 0 Å². The lowest BCUT2D eigenvalue weighted by Crippen LogP contribution is -2.14. The number of rotatable bonds is 4. The van der Waals surface area contributed by atoms with Gasteiger partial charge in [0.05, 0.1) is 13.2 Å². The zero-order chi connectivity index (χ0) is 9.68. The van der Waals surface area contributed by atoms with Crippen LogP contribution in [0.5, 0.6) is 5.75 Å². The van der Waals surface area contributed by atoms with E-state index < -0.39 is 0 Å². The zero-order valence-electron chi connectivity index (χ0n) is 7.99. The average molecular weight is 181 g/mol. The molecule has 0 aliphatic heterocycles. The lowest BCUT2D eigenvalue weighted by Gasteiger charge is -2.13. The van der Waals surface area contributed by atoms with Crippen LogP contribution in [0.2, 0.25) is 0 Å². The third kappa shape index (κ3) is 2.44. The van der Waals surface area contributed by atoms with Gasteiger partial charge in [0.15, 0.2) is 0 Å². The molecule has 0 saturated heterocycles. The minimum atomic E-state index is -0.0462. The Hall–Kier alpha value is -1.06. The second kappa shape index (κ2) is 4.84. The van der Waals surface area contributed by atoms with E-state index in [1.165, 1.54) is 0 Å². The van der Waals surface area contributed by atoms with Crippen LogP contribution in [-0.4, -0.2) is 20.8 Å². The van der Waals surface area contributed by atoms with Gasteiger partial charge in [0.1, 0.15) is 5.75 Å². The van der Waals surface area contributed by atoms with E-state index in [-0.39, 0.29) is 6.10 Å². The van der Waals surface area contributed by atoms with E-state index in [0.29, 0.717) is 6.54 Å². The summed E-state index contributed by atoms with van der Waals surface area (Å²) in [4.78, 5) is 0. The number of benzene rings is 1. The van der Waals surface area contributed by atoms with Gasteiger partial charge in [0.2, 0.25) is 0 Å². The maximum atomic E-state index is 5.54. The summed E-state index contributed by atoms with van der Waals surface area (Å²) in [5, 5.41) is 0. The van der Waals surface area contributed by atoms with Crippen molar-refractivity contribution in [2.24, 2.45) is 5.73 Å². The predicted molar refractivity (Wildman–Crippen MR) is 51.8 cm³/mol. The van der Waals surface area contributed by atoms with Crippen molar-refractivity contribution < 1.29 is 9.47 Å². The summed E-state index contributed by atoms with van der Waals surface area (Å²) in [5.41, 5.74) is 6.59. The fraction of sp³-hybridized carbons (Fsp3) is 0.400. The summed E-state index contributed by atoms with van der Waals surface area (Å²) in [6, 6.07) is 7.73. The molecule has 1 rings (SSSR count). The largest absolute Gasteiger partial charge is 0.497 e. The van der Waals surface area contributed by atoms with E-state index in [1.54, 1.807) is 14.2 Å². The van der Waals surface area contributed by atoms with Crippen LogP contribution in [0.15, 0.2) is 24.3 Å². The van der Waals surface area contributed by atoms with E-state index in [9.17, 15) is 0 Å². The van der Waals surface area contributed by atoms with Crippen LogP contribution < -0.4 is 10.5 Å². The Morgan fingerprint density at radius 2 is 2.15 bits per heavy atom. The molecule has 0 aromatic heterocycles. The molecule has 3 heteroatoms. The van der Waals surface area contributed by atoms with Crippen molar-refractivity contribution in [1.29, 1.82) is 0 Å². The zero-order valence-corrected chi connectivity index (χ0v) is 7.99. The molecule has 1 unspecified atom stereocenters.